The molecule has 3 nitrogen and oxygen atoms in total. The van der Waals surface area contributed by atoms with E-state index in [9.17, 15) is 0 Å². The van der Waals surface area contributed by atoms with Gasteiger partial charge in [0.1, 0.15) is 0 Å². The number of hydrogen-bond donors (Lipinski definition) is 0. The summed E-state index contributed by atoms with van der Waals surface area (Å²) < 4.78 is 20.5. The van der Waals surface area contributed by atoms with Crippen molar-refractivity contribution >= 4 is 8.32 Å². The highest BCUT2D eigenvalue weighted by Gasteiger charge is 2.63. The van der Waals surface area contributed by atoms with Crippen LogP contribution in [0.3, 0.4) is 0 Å². The maximum absolute atomic E-state index is 7.34. The van der Waals surface area contributed by atoms with Gasteiger partial charge in [0, 0.05) is 24.4 Å². The van der Waals surface area contributed by atoms with Gasteiger partial charge in [0.05, 0.1) is 12.2 Å². The van der Waals surface area contributed by atoms with Crippen molar-refractivity contribution in [3.05, 3.63) is 11.6 Å². The third-order valence-electron chi connectivity index (χ3n) is 11.2. The van der Waals surface area contributed by atoms with Crippen LogP contribution in [0.4, 0.5) is 0 Å². The van der Waals surface area contributed by atoms with Crippen LogP contribution in [0.2, 0.25) is 16.6 Å². The molecule has 6 atom stereocenters. The highest BCUT2D eigenvalue weighted by molar-refractivity contribution is 6.77. The minimum atomic E-state index is -1.88. The van der Waals surface area contributed by atoms with Gasteiger partial charge in [-0.1, -0.05) is 67.0 Å². The molecule has 34 heavy (non-hydrogen) atoms. The normalized spacial score (nSPS) is 40.1. The molecule has 1 spiro atoms. The lowest BCUT2D eigenvalue weighted by molar-refractivity contribution is -0.255. The second kappa shape index (κ2) is 9.30. The van der Waals surface area contributed by atoms with E-state index in [0.29, 0.717) is 28.5 Å². The Morgan fingerprint density at radius 3 is 2.06 bits per heavy atom. The Morgan fingerprint density at radius 2 is 1.50 bits per heavy atom. The molecule has 3 aliphatic carbocycles. The van der Waals surface area contributed by atoms with Crippen LogP contribution in [0.1, 0.15) is 114 Å². The van der Waals surface area contributed by atoms with Crippen LogP contribution >= 0.6 is 0 Å². The Balaban J connectivity index is 1.63. The molecule has 1 aliphatic heterocycles. The standard InChI is InChI=1S/C30H54O3Si/c1-20(2)34(21(3)4,22(5)6)31-19-29-15-12-11-13-27(29)28(10)17-18-30(23(7)26(28)14-16-29)32-24(8)25(9)33-30/h13,20-26H,11-12,14-19H2,1-10H3/t23-,24+,25+,26-,28-,29+/m0/s1. The molecule has 0 radical (unpaired) electrons. The van der Waals surface area contributed by atoms with Crippen LogP contribution < -0.4 is 0 Å². The maximum Gasteiger partial charge on any atom is 0.200 e. The van der Waals surface area contributed by atoms with Gasteiger partial charge in [-0.3, -0.25) is 0 Å². The van der Waals surface area contributed by atoms with Gasteiger partial charge in [-0.15, -0.1) is 0 Å². The van der Waals surface area contributed by atoms with Crippen LogP contribution in [-0.4, -0.2) is 32.9 Å². The molecule has 196 valence electrons. The summed E-state index contributed by atoms with van der Waals surface area (Å²) in [6.07, 6.45) is 11.6. The third kappa shape index (κ3) is 3.92. The van der Waals surface area contributed by atoms with Crippen molar-refractivity contribution in [2.45, 2.75) is 149 Å². The van der Waals surface area contributed by atoms with Crippen molar-refractivity contribution in [3.63, 3.8) is 0 Å². The van der Waals surface area contributed by atoms with E-state index in [-0.39, 0.29) is 28.8 Å². The lowest BCUT2D eigenvalue weighted by atomic mass is 9.46. The van der Waals surface area contributed by atoms with E-state index in [2.05, 4.69) is 75.3 Å². The van der Waals surface area contributed by atoms with E-state index in [1.54, 1.807) is 5.57 Å². The number of ether oxygens (including phenoxy) is 2. The predicted molar refractivity (Wildman–Crippen MR) is 144 cm³/mol. The van der Waals surface area contributed by atoms with Gasteiger partial charge in [-0.2, -0.15) is 0 Å². The van der Waals surface area contributed by atoms with E-state index in [1.807, 2.05) is 0 Å². The van der Waals surface area contributed by atoms with Crippen molar-refractivity contribution in [3.8, 4) is 0 Å². The van der Waals surface area contributed by atoms with Gasteiger partial charge in [0.15, 0.2) is 14.1 Å². The molecule has 0 bridgehead atoms. The van der Waals surface area contributed by atoms with Crippen molar-refractivity contribution < 1.29 is 13.9 Å². The fourth-order valence-electron chi connectivity index (χ4n) is 9.34. The maximum atomic E-state index is 7.34. The average Bonchev–Trinajstić information content (AvgIpc) is 3.05. The molecule has 1 saturated heterocycles. The third-order valence-corrected chi connectivity index (χ3v) is 17.2. The van der Waals surface area contributed by atoms with Crippen LogP contribution in [0.5, 0.6) is 0 Å². The van der Waals surface area contributed by atoms with E-state index >= 15 is 0 Å². The summed E-state index contributed by atoms with van der Waals surface area (Å²) in [6.45, 7) is 24.9. The lowest BCUT2D eigenvalue weighted by Gasteiger charge is -2.61. The topological polar surface area (TPSA) is 27.7 Å². The zero-order valence-corrected chi connectivity index (χ0v) is 25.0. The first-order valence-electron chi connectivity index (χ1n) is 14.6. The second-order valence-electron chi connectivity index (χ2n) is 13.7. The fraction of sp³-hybridized carbons (Fsp3) is 0.933. The Kier molecular flexibility index (Phi) is 7.35. The minimum absolute atomic E-state index is 0.193. The van der Waals surface area contributed by atoms with E-state index in [1.165, 1.54) is 38.5 Å². The fourth-order valence-corrected chi connectivity index (χ4v) is 14.9. The van der Waals surface area contributed by atoms with Gasteiger partial charge in [0.2, 0.25) is 0 Å². The highest BCUT2D eigenvalue weighted by atomic mass is 28.4. The van der Waals surface area contributed by atoms with Crippen LogP contribution in [0.25, 0.3) is 0 Å². The number of rotatable bonds is 6. The molecular formula is C30H54O3Si. The monoisotopic (exact) mass is 490 g/mol. The van der Waals surface area contributed by atoms with Gasteiger partial charge >= 0.3 is 0 Å². The predicted octanol–water partition coefficient (Wildman–Crippen LogP) is 8.64. The largest absolute Gasteiger partial charge is 0.415 e. The molecule has 2 saturated carbocycles. The summed E-state index contributed by atoms with van der Waals surface area (Å²) in [4.78, 5) is 0. The number of allylic oxidation sites excluding steroid dienone is 1. The average molecular weight is 491 g/mol. The molecule has 3 fully saturated rings. The van der Waals surface area contributed by atoms with Gasteiger partial charge < -0.3 is 13.9 Å². The summed E-state index contributed by atoms with van der Waals surface area (Å²) >= 11 is 0. The summed E-state index contributed by atoms with van der Waals surface area (Å²) in [5.41, 5.74) is 4.16. The number of hydrogen-bond acceptors (Lipinski definition) is 3. The molecule has 4 heteroatoms. The Labute approximate surface area is 211 Å². The molecule has 1 heterocycles. The zero-order chi connectivity index (χ0) is 25.1. The van der Waals surface area contributed by atoms with Crippen molar-refractivity contribution in [2.75, 3.05) is 6.61 Å². The van der Waals surface area contributed by atoms with Gasteiger partial charge in [-0.25, -0.2) is 0 Å². The smallest absolute Gasteiger partial charge is 0.200 e. The SMILES string of the molecule is CC(C)[Si](OC[C@]12CCCC=C1[C@@]1(C)CCC3(O[C@H](C)[C@@H](C)O3)[C@@H](C)[C@@H]1CC2)(C(C)C)C(C)C. The van der Waals surface area contributed by atoms with E-state index in [4.69, 9.17) is 13.9 Å². The first kappa shape index (κ1) is 26.9. The summed E-state index contributed by atoms with van der Waals surface area (Å²) in [5, 5.41) is 0. The molecule has 0 aromatic rings. The zero-order valence-electron chi connectivity index (χ0n) is 24.0. The van der Waals surface area contributed by atoms with E-state index < -0.39 is 8.32 Å². The van der Waals surface area contributed by atoms with Crippen LogP contribution in [-0.2, 0) is 13.9 Å². The number of fused-ring (bicyclic) bond motifs is 3. The lowest BCUT2D eigenvalue weighted by Crippen LogP contribution is -2.58. The Morgan fingerprint density at radius 1 is 0.912 bits per heavy atom. The first-order chi connectivity index (χ1) is 15.8. The molecule has 0 amide bonds. The summed E-state index contributed by atoms with van der Waals surface area (Å²) in [5.74, 6) is 0.679. The van der Waals surface area contributed by atoms with Crippen molar-refractivity contribution in [1.82, 2.24) is 0 Å². The molecule has 4 aliphatic rings. The molecule has 0 unspecified atom stereocenters. The quantitative estimate of drug-likeness (QED) is 0.275. The molecule has 0 aromatic carbocycles. The minimum Gasteiger partial charge on any atom is -0.415 e. The summed E-state index contributed by atoms with van der Waals surface area (Å²) in [7, 11) is -1.88. The first-order valence-corrected chi connectivity index (χ1v) is 16.7. The molecular weight excluding hydrogens is 436 g/mol. The molecule has 4 rings (SSSR count). The van der Waals surface area contributed by atoms with Gasteiger partial charge in [-0.05, 0) is 80.3 Å². The Bertz CT molecular complexity index is 741. The Hall–Kier alpha value is -0.163. The highest BCUT2D eigenvalue weighted by Crippen LogP contribution is 2.66. The molecule has 0 aromatic heterocycles. The van der Waals surface area contributed by atoms with Crippen molar-refractivity contribution in [2.24, 2.45) is 22.7 Å². The second-order valence-corrected chi connectivity index (χ2v) is 19.2. The van der Waals surface area contributed by atoms with Crippen molar-refractivity contribution in [1.29, 1.82) is 0 Å². The summed E-state index contributed by atoms with van der Waals surface area (Å²) in [6, 6.07) is 0. The van der Waals surface area contributed by atoms with Crippen LogP contribution in [0, 0.1) is 22.7 Å². The van der Waals surface area contributed by atoms with Crippen LogP contribution in [0.15, 0.2) is 11.6 Å². The van der Waals surface area contributed by atoms with E-state index in [0.717, 1.165) is 13.0 Å². The molecule has 0 N–H and O–H groups in total. The van der Waals surface area contributed by atoms with Gasteiger partial charge in [0.25, 0.3) is 0 Å².